The molecular weight excluding hydrogens is 306 g/mol. The van der Waals surface area contributed by atoms with Gasteiger partial charge in [-0.25, -0.2) is 0 Å². The summed E-state index contributed by atoms with van der Waals surface area (Å²) in [7, 11) is 0. The van der Waals surface area contributed by atoms with Crippen LogP contribution in [0, 0.1) is 6.92 Å². The van der Waals surface area contributed by atoms with Crippen LogP contribution < -0.4 is 16.8 Å². The summed E-state index contributed by atoms with van der Waals surface area (Å²) < 4.78 is 0. The summed E-state index contributed by atoms with van der Waals surface area (Å²) in [6.07, 6.45) is 0. The monoisotopic (exact) mass is 321 g/mol. The Balaban J connectivity index is 1.98. The first-order chi connectivity index (χ1) is 9.99. The third-order valence-corrected chi connectivity index (χ3v) is 4.86. The second-order valence-electron chi connectivity index (χ2n) is 4.33. The standard InChI is InChI=1S/C14H15N3O2S2/c1-8-10(15)3-2-4-11(8)21-7-12(18)17-14-9(13(16)19)5-6-20-14/h2-6H,7,15H2,1H3,(H2,16,19)(H,17,18). The minimum atomic E-state index is -0.550. The maximum atomic E-state index is 11.9. The lowest BCUT2D eigenvalue weighted by Crippen LogP contribution is -2.17. The van der Waals surface area contributed by atoms with Crippen LogP contribution >= 0.6 is 23.1 Å². The number of nitrogens with two attached hydrogens (primary N) is 2. The van der Waals surface area contributed by atoms with E-state index in [1.807, 2.05) is 25.1 Å². The molecule has 0 aliphatic heterocycles. The van der Waals surface area contributed by atoms with E-state index in [1.165, 1.54) is 23.1 Å². The topological polar surface area (TPSA) is 98.2 Å². The first-order valence-corrected chi connectivity index (χ1v) is 8.00. The van der Waals surface area contributed by atoms with Crippen molar-refractivity contribution in [3.8, 4) is 0 Å². The van der Waals surface area contributed by atoms with E-state index in [-0.39, 0.29) is 11.7 Å². The number of primary amides is 1. The molecule has 2 aromatic rings. The quantitative estimate of drug-likeness (QED) is 0.582. The molecule has 0 bridgehead atoms. The highest BCUT2D eigenvalue weighted by atomic mass is 32.2. The zero-order valence-corrected chi connectivity index (χ0v) is 13.0. The smallest absolute Gasteiger partial charge is 0.251 e. The van der Waals surface area contributed by atoms with Crippen molar-refractivity contribution in [3.05, 3.63) is 40.8 Å². The maximum Gasteiger partial charge on any atom is 0.251 e. The van der Waals surface area contributed by atoms with Crippen molar-refractivity contribution < 1.29 is 9.59 Å². The zero-order chi connectivity index (χ0) is 15.4. The largest absolute Gasteiger partial charge is 0.398 e. The van der Waals surface area contributed by atoms with Gasteiger partial charge in [-0.15, -0.1) is 23.1 Å². The van der Waals surface area contributed by atoms with E-state index in [0.717, 1.165) is 10.5 Å². The number of nitrogens with one attached hydrogen (secondary N) is 1. The van der Waals surface area contributed by atoms with Gasteiger partial charge in [0.25, 0.3) is 5.91 Å². The van der Waals surface area contributed by atoms with Crippen molar-refractivity contribution in [2.45, 2.75) is 11.8 Å². The van der Waals surface area contributed by atoms with Gasteiger partial charge in [-0.3, -0.25) is 9.59 Å². The van der Waals surface area contributed by atoms with E-state index >= 15 is 0 Å². The van der Waals surface area contributed by atoms with Crippen LogP contribution in [0.4, 0.5) is 10.7 Å². The third kappa shape index (κ3) is 3.77. The van der Waals surface area contributed by atoms with Gasteiger partial charge in [-0.05, 0) is 36.1 Å². The lowest BCUT2D eigenvalue weighted by Gasteiger charge is -2.08. The third-order valence-electron chi connectivity index (χ3n) is 2.87. The van der Waals surface area contributed by atoms with Crippen LogP contribution in [0.3, 0.4) is 0 Å². The summed E-state index contributed by atoms with van der Waals surface area (Å²) in [6, 6.07) is 7.19. The Labute approximate surface area is 130 Å². The van der Waals surface area contributed by atoms with Gasteiger partial charge in [-0.2, -0.15) is 0 Å². The van der Waals surface area contributed by atoms with Crippen molar-refractivity contribution in [1.29, 1.82) is 0 Å². The molecule has 2 amide bonds. The van der Waals surface area contributed by atoms with Crippen LogP contribution in [0.1, 0.15) is 15.9 Å². The van der Waals surface area contributed by atoms with E-state index in [1.54, 1.807) is 11.4 Å². The first-order valence-electron chi connectivity index (χ1n) is 6.14. The summed E-state index contributed by atoms with van der Waals surface area (Å²) in [5, 5.41) is 4.90. The number of hydrogen-bond donors (Lipinski definition) is 3. The summed E-state index contributed by atoms with van der Waals surface area (Å²) in [6.45, 7) is 1.92. The van der Waals surface area contributed by atoms with Crippen LogP contribution in [0.2, 0.25) is 0 Å². The summed E-state index contributed by atoms with van der Waals surface area (Å²) in [4.78, 5) is 24.1. The molecule has 0 saturated heterocycles. The normalized spacial score (nSPS) is 10.3. The second-order valence-corrected chi connectivity index (χ2v) is 6.27. The predicted molar refractivity (Wildman–Crippen MR) is 87.8 cm³/mol. The van der Waals surface area contributed by atoms with Gasteiger partial charge in [0.15, 0.2) is 0 Å². The van der Waals surface area contributed by atoms with Gasteiger partial charge in [-0.1, -0.05) is 6.07 Å². The molecule has 0 unspecified atom stereocenters. The molecule has 1 aromatic heterocycles. The molecular formula is C14H15N3O2S2. The highest BCUT2D eigenvalue weighted by Gasteiger charge is 2.13. The molecule has 5 nitrogen and oxygen atoms in total. The molecule has 0 fully saturated rings. The van der Waals surface area contributed by atoms with Crippen LogP contribution in [0.15, 0.2) is 34.5 Å². The SMILES string of the molecule is Cc1c(N)cccc1SCC(=O)Nc1sccc1C(N)=O. The number of nitrogen functional groups attached to an aromatic ring is 1. The molecule has 110 valence electrons. The van der Waals surface area contributed by atoms with Crippen LogP contribution in [0.5, 0.6) is 0 Å². The van der Waals surface area contributed by atoms with Crippen LogP contribution in [0.25, 0.3) is 0 Å². The molecule has 0 saturated carbocycles. The number of hydrogen-bond acceptors (Lipinski definition) is 5. The number of carbonyl (C=O) groups excluding carboxylic acids is 2. The Morgan fingerprint density at radius 1 is 1.33 bits per heavy atom. The second kappa shape index (κ2) is 6.64. The van der Waals surface area contributed by atoms with Gasteiger partial charge in [0.1, 0.15) is 5.00 Å². The number of thiophene rings is 1. The van der Waals surface area contributed by atoms with Crippen molar-refractivity contribution in [2.24, 2.45) is 5.73 Å². The average molecular weight is 321 g/mol. The van der Waals surface area contributed by atoms with Crippen molar-refractivity contribution in [1.82, 2.24) is 0 Å². The Morgan fingerprint density at radius 3 is 2.81 bits per heavy atom. The minimum absolute atomic E-state index is 0.188. The Bertz CT molecular complexity index is 683. The molecule has 2 rings (SSSR count). The lowest BCUT2D eigenvalue weighted by molar-refractivity contribution is -0.113. The number of anilines is 2. The highest BCUT2D eigenvalue weighted by Crippen LogP contribution is 2.27. The molecule has 0 spiro atoms. The number of benzene rings is 1. The average Bonchev–Trinajstić information content (AvgIpc) is 2.88. The predicted octanol–water partition coefficient (Wildman–Crippen LogP) is 2.47. The molecule has 0 radical (unpaired) electrons. The minimum Gasteiger partial charge on any atom is -0.398 e. The lowest BCUT2D eigenvalue weighted by atomic mass is 10.2. The van der Waals surface area contributed by atoms with Crippen molar-refractivity contribution >= 4 is 45.6 Å². The number of rotatable bonds is 5. The van der Waals surface area contributed by atoms with Gasteiger partial charge in [0, 0.05) is 10.6 Å². The van der Waals surface area contributed by atoms with E-state index < -0.39 is 5.91 Å². The fourth-order valence-corrected chi connectivity index (χ4v) is 3.37. The van der Waals surface area contributed by atoms with E-state index in [2.05, 4.69) is 5.32 Å². The molecule has 1 heterocycles. The molecule has 21 heavy (non-hydrogen) atoms. The van der Waals surface area contributed by atoms with Gasteiger partial charge in [0.05, 0.1) is 11.3 Å². The zero-order valence-electron chi connectivity index (χ0n) is 11.4. The molecule has 0 atom stereocenters. The fourth-order valence-electron chi connectivity index (χ4n) is 1.69. The summed E-state index contributed by atoms with van der Waals surface area (Å²) in [5.74, 6) is -0.502. The van der Waals surface area contributed by atoms with Crippen molar-refractivity contribution in [2.75, 3.05) is 16.8 Å². The van der Waals surface area contributed by atoms with Gasteiger partial charge >= 0.3 is 0 Å². The molecule has 0 aliphatic rings. The van der Waals surface area contributed by atoms with Crippen molar-refractivity contribution in [3.63, 3.8) is 0 Å². The summed E-state index contributed by atoms with van der Waals surface area (Å²) in [5.41, 5.74) is 13.1. The van der Waals surface area contributed by atoms with E-state index in [9.17, 15) is 9.59 Å². The first kappa shape index (κ1) is 15.4. The van der Waals surface area contributed by atoms with Crippen LogP contribution in [-0.2, 0) is 4.79 Å². The molecule has 7 heteroatoms. The maximum absolute atomic E-state index is 11.9. The van der Waals surface area contributed by atoms with Crippen LogP contribution in [-0.4, -0.2) is 17.6 Å². The fraction of sp³-hybridized carbons (Fsp3) is 0.143. The molecule has 5 N–H and O–H groups in total. The number of carbonyl (C=O) groups is 2. The molecule has 0 aliphatic carbocycles. The Hall–Kier alpha value is -1.99. The van der Waals surface area contributed by atoms with Gasteiger partial charge in [0.2, 0.25) is 5.91 Å². The van der Waals surface area contributed by atoms with E-state index in [4.69, 9.17) is 11.5 Å². The van der Waals surface area contributed by atoms with E-state index in [0.29, 0.717) is 16.3 Å². The number of amides is 2. The Kier molecular flexibility index (Phi) is 4.87. The highest BCUT2D eigenvalue weighted by molar-refractivity contribution is 8.00. The van der Waals surface area contributed by atoms with Gasteiger partial charge < -0.3 is 16.8 Å². The summed E-state index contributed by atoms with van der Waals surface area (Å²) >= 11 is 2.67. The number of thioether (sulfide) groups is 1. The Morgan fingerprint density at radius 2 is 2.10 bits per heavy atom. The molecule has 1 aromatic carbocycles.